The molecule has 0 N–H and O–H groups in total. The van der Waals surface area contributed by atoms with Crippen LogP contribution in [0, 0.1) is 6.92 Å². The molecule has 2 aromatic rings. The molecule has 2 heteroatoms. The molecule has 0 atom stereocenters. The van der Waals surface area contributed by atoms with E-state index in [-0.39, 0.29) is 0 Å². The van der Waals surface area contributed by atoms with Crippen LogP contribution >= 0.6 is 0 Å². The molecule has 16 heavy (non-hydrogen) atoms. The van der Waals surface area contributed by atoms with E-state index in [4.69, 9.17) is 0 Å². The summed E-state index contributed by atoms with van der Waals surface area (Å²) in [6, 6.07) is 10.3. The van der Waals surface area contributed by atoms with Crippen molar-refractivity contribution < 1.29 is 0 Å². The molecule has 0 aliphatic carbocycles. The van der Waals surface area contributed by atoms with Crippen molar-refractivity contribution >= 4 is 12.2 Å². The highest BCUT2D eigenvalue weighted by molar-refractivity contribution is 5.70. The van der Waals surface area contributed by atoms with E-state index in [9.17, 15) is 0 Å². The number of nitrogens with zero attached hydrogens (tertiary/aromatic N) is 2. The zero-order valence-electron chi connectivity index (χ0n) is 9.72. The van der Waals surface area contributed by atoms with Gasteiger partial charge in [0, 0.05) is 18.3 Å². The quantitative estimate of drug-likeness (QED) is 0.762. The molecule has 0 bridgehead atoms. The Labute approximate surface area is 96.2 Å². The first-order chi connectivity index (χ1) is 7.79. The van der Waals surface area contributed by atoms with Gasteiger partial charge in [-0.2, -0.15) is 5.10 Å². The first-order valence-corrected chi connectivity index (χ1v) is 5.57. The van der Waals surface area contributed by atoms with Crippen molar-refractivity contribution in [2.24, 2.45) is 0 Å². The predicted octanol–water partition coefficient (Wildman–Crippen LogP) is 3.38. The van der Waals surface area contributed by atoms with Crippen LogP contribution < -0.4 is 0 Å². The monoisotopic (exact) mass is 212 g/mol. The average molecular weight is 212 g/mol. The minimum atomic E-state index is 0.917. The predicted molar refractivity (Wildman–Crippen MR) is 68.0 cm³/mol. The lowest BCUT2D eigenvalue weighted by Gasteiger charge is -1.91. The average Bonchev–Trinajstić information content (AvgIpc) is 2.69. The Morgan fingerprint density at radius 3 is 2.56 bits per heavy atom. The maximum atomic E-state index is 4.41. The van der Waals surface area contributed by atoms with Crippen molar-refractivity contribution in [2.75, 3.05) is 0 Å². The highest BCUT2D eigenvalue weighted by Crippen LogP contribution is 2.11. The Kier molecular flexibility index (Phi) is 3.20. The van der Waals surface area contributed by atoms with E-state index in [0.717, 1.165) is 12.2 Å². The van der Waals surface area contributed by atoms with E-state index >= 15 is 0 Å². The third-order valence-corrected chi connectivity index (χ3v) is 2.56. The summed E-state index contributed by atoms with van der Waals surface area (Å²) in [6.45, 7) is 5.05. The summed E-state index contributed by atoms with van der Waals surface area (Å²) in [5.41, 5.74) is 3.48. The van der Waals surface area contributed by atoms with E-state index in [2.05, 4.69) is 42.5 Å². The minimum Gasteiger partial charge on any atom is -0.272 e. The summed E-state index contributed by atoms with van der Waals surface area (Å²) in [6.07, 6.45) is 6.31. The summed E-state index contributed by atoms with van der Waals surface area (Å²) in [5.74, 6) is 0. The molecule has 82 valence electrons. The van der Waals surface area contributed by atoms with E-state index in [1.807, 2.05) is 29.8 Å². The molecule has 0 fully saturated rings. The molecule has 1 aromatic carbocycles. The zero-order valence-corrected chi connectivity index (χ0v) is 9.72. The van der Waals surface area contributed by atoms with Gasteiger partial charge in [0.1, 0.15) is 0 Å². The second kappa shape index (κ2) is 4.79. The van der Waals surface area contributed by atoms with Gasteiger partial charge in [-0.3, -0.25) is 4.68 Å². The first kappa shape index (κ1) is 10.7. The van der Waals surface area contributed by atoms with Crippen molar-refractivity contribution in [1.29, 1.82) is 0 Å². The Bertz CT molecular complexity index is 481. The van der Waals surface area contributed by atoms with Crippen molar-refractivity contribution in [3.05, 3.63) is 53.3 Å². The van der Waals surface area contributed by atoms with Crippen molar-refractivity contribution in [3.8, 4) is 0 Å². The topological polar surface area (TPSA) is 17.8 Å². The molecule has 0 aliphatic heterocycles. The SMILES string of the molecule is CCn1cc(/C=C/c2ccccc2)c(C)n1. The fourth-order valence-electron chi connectivity index (χ4n) is 1.61. The number of hydrogen-bond acceptors (Lipinski definition) is 1. The Morgan fingerprint density at radius 1 is 1.19 bits per heavy atom. The van der Waals surface area contributed by atoms with Crippen LogP contribution in [-0.2, 0) is 6.54 Å². The largest absolute Gasteiger partial charge is 0.272 e. The van der Waals surface area contributed by atoms with Gasteiger partial charge >= 0.3 is 0 Å². The van der Waals surface area contributed by atoms with Crippen LogP contribution in [0.3, 0.4) is 0 Å². The van der Waals surface area contributed by atoms with Gasteiger partial charge in [0.25, 0.3) is 0 Å². The van der Waals surface area contributed by atoms with Crippen LogP contribution in [0.5, 0.6) is 0 Å². The van der Waals surface area contributed by atoms with Crippen molar-refractivity contribution in [2.45, 2.75) is 20.4 Å². The highest BCUT2D eigenvalue weighted by atomic mass is 15.3. The molecule has 0 aliphatic rings. The number of rotatable bonds is 3. The lowest BCUT2D eigenvalue weighted by Crippen LogP contribution is -1.93. The molecule has 0 radical (unpaired) electrons. The summed E-state index contributed by atoms with van der Waals surface area (Å²) < 4.78 is 1.96. The van der Waals surface area contributed by atoms with Gasteiger partial charge in [0.15, 0.2) is 0 Å². The van der Waals surface area contributed by atoms with E-state index < -0.39 is 0 Å². The third-order valence-electron chi connectivity index (χ3n) is 2.56. The number of benzene rings is 1. The number of hydrogen-bond donors (Lipinski definition) is 0. The molecule has 2 rings (SSSR count). The summed E-state index contributed by atoms with van der Waals surface area (Å²) in [4.78, 5) is 0. The molecular weight excluding hydrogens is 196 g/mol. The molecule has 0 spiro atoms. The normalized spacial score (nSPS) is 11.1. The number of aromatic nitrogens is 2. The van der Waals surface area contributed by atoms with Crippen LogP contribution in [0.25, 0.3) is 12.2 Å². The smallest absolute Gasteiger partial charge is 0.0666 e. The maximum absolute atomic E-state index is 4.41. The molecular formula is C14H16N2. The van der Waals surface area contributed by atoms with Crippen molar-refractivity contribution in [1.82, 2.24) is 9.78 Å². The standard InChI is InChI=1S/C14H16N2/c1-3-16-11-14(12(2)15-16)10-9-13-7-5-4-6-8-13/h4-11H,3H2,1-2H3/b10-9+. The molecule has 0 saturated heterocycles. The van der Waals surface area contributed by atoms with E-state index in [1.54, 1.807) is 0 Å². The van der Waals surface area contributed by atoms with Crippen LogP contribution in [0.4, 0.5) is 0 Å². The van der Waals surface area contributed by atoms with E-state index in [0.29, 0.717) is 0 Å². The molecule has 0 unspecified atom stereocenters. The van der Waals surface area contributed by atoms with Crippen LogP contribution in [-0.4, -0.2) is 9.78 Å². The van der Waals surface area contributed by atoms with Gasteiger partial charge in [-0.15, -0.1) is 0 Å². The van der Waals surface area contributed by atoms with Gasteiger partial charge < -0.3 is 0 Å². The fraction of sp³-hybridized carbons (Fsp3) is 0.214. The molecule has 1 aromatic heterocycles. The van der Waals surface area contributed by atoms with Gasteiger partial charge in [-0.1, -0.05) is 42.5 Å². The van der Waals surface area contributed by atoms with Gasteiger partial charge in [-0.25, -0.2) is 0 Å². The van der Waals surface area contributed by atoms with Gasteiger partial charge in [0.2, 0.25) is 0 Å². The fourth-order valence-corrected chi connectivity index (χ4v) is 1.61. The first-order valence-electron chi connectivity index (χ1n) is 5.57. The lowest BCUT2D eigenvalue weighted by molar-refractivity contribution is 0.653. The van der Waals surface area contributed by atoms with Crippen LogP contribution in [0.2, 0.25) is 0 Å². The second-order valence-corrected chi connectivity index (χ2v) is 3.77. The molecule has 1 heterocycles. The van der Waals surface area contributed by atoms with E-state index in [1.165, 1.54) is 11.1 Å². The van der Waals surface area contributed by atoms with Crippen molar-refractivity contribution in [3.63, 3.8) is 0 Å². The lowest BCUT2D eigenvalue weighted by atomic mass is 10.1. The second-order valence-electron chi connectivity index (χ2n) is 3.77. The molecule has 2 nitrogen and oxygen atoms in total. The number of aryl methyl sites for hydroxylation is 2. The van der Waals surface area contributed by atoms with Crippen LogP contribution in [0.15, 0.2) is 36.5 Å². The summed E-state index contributed by atoms with van der Waals surface area (Å²) >= 11 is 0. The third kappa shape index (κ3) is 2.40. The van der Waals surface area contributed by atoms with Crippen LogP contribution in [0.1, 0.15) is 23.7 Å². The molecule has 0 saturated carbocycles. The summed E-state index contributed by atoms with van der Waals surface area (Å²) in [7, 11) is 0. The van der Waals surface area contributed by atoms with Gasteiger partial charge in [0.05, 0.1) is 5.69 Å². The zero-order chi connectivity index (χ0) is 11.4. The Morgan fingerprint density at radius 2 is 1.94 bits per heavy atom. The summed E-state index contributed by atoms with van der Waals surface area (Å²) in [5, 5.41) is 4.41. The maximum Gasteiger partial charge on any atom is 0.0666 e. The Hall–Kier alpha value is -1.83. The molecule has 0 amide bonds. The minimum absolute atomic E-state index is 0.917. The van der Waals surface area contributed by atoms with Gasteiger partial charge in [-0.05, 0) is 19.4 Å². The highest BCUT2D eigenvalue weighted by Gasteiger charge is 1.99. The Balaban J connectivity index is 2.20.